The van der Waals surface area contributed by atoms with Crippen molar-refractivity contribution >= 4 is 11.7 Å². The molecule has 1 aromatic rings. The fraction of sp³-hybridized carbons (Fsp3) is 0.500. The summed E-state index contributed by atoms with van der Waals surface area (Å²) in [6.07, 6.45) is 0. The van der Waals surface area contributed by atoms with Crippen molar-refractivity contribution in [2.24, 2.45) is 5.73 Å². The van der Waals surface area contributed by atoms with Crippen molar-refractivity contribution in [1.82, 2.24) is 4.98 Å². The SMILES string of the molecule is COCCN(c1cccc(C(=N)N)n1)C(C)C. The molecule has 1 rings (SSSR count). The lowest BCUT2D eigenvalue weighted by Crippen LogP contribution is -2.34. The molecular weight excluding hydrogens is 216 g/mol. The summed E-state index contributed by atoms with van der Waals surface area (Å²) in [6, 6.07) is 5.84. The summed E-state index contributed by atoms with van der Waals surface area (Å²) < 4.78 is 5.09. The van der Waals surface area contributed by atoms with Crippen LogP contribution < -0.4 is 10.6 Å². The minimum atomic E-state index is -0.0118. The Bertz CT molecular complexity index is 379. The molecule has 5 nitrogen and oxygen atoms in total. The monoisotopic (exact) mass is 236 g/mol. The molecule has 0 aromatic carbocycles. The molecule has 0 radical (unpaired) electrons. The average Bonchev–Trinajstić information content (AvgIpc) is 2.29. The van der Waals surface area contributed by atoms with E-state index in [1.54, 1.807) is 13.2 Å². The van der Waals surface area contributed by atoms with Crippen LogP contribution in [0.25, 0.3) is 0 Å². The predicted molar refractivity (Wildman–Crippen MR) is 69.6 cm³/mol. The maximum atomic E-state index is 7.39. The largest absolute Gasteiger partial charge is 0.383 e. The van der Waals surface area contributed by atoms with Crippen LogP contribution in [0, 0.1) is 5.41 Å². The van der Waals surface area contributed by atoms with Gasteiger partial charge in [0.15, 0.2) is 0 Å². The van der Waals surface area contributed by atoms with Crippen molar-refractivity contribution < 1.29 is 4.74 Å². The minimum absolute atomic E-state index is 0.0118. The summed E-state index contributed by atoms with van der Waals surface area (Å²) in [5.74, 6) is 0.812. The number of nitrogens with one attached hydrogen (secondary N) is 1. The summed E-state index contributed by atoms with van der Waals surface area (Å²) in [5.41, 5.74) is 5.94. The summed E-state index contributed by atoms with van der Waals surface area (Å²) >= 11 is 0. The summed E-state index contributed by atoms with van der Waals surface area (Å²) in [4.78, 5) is 6.49. The van der Waals surface area contributed by atoms with Crippen molar-refractivity contribution in [2.75, 3.05) is 25.2 Å². The van der Waals surface area contributed by atoms with Crippen LogP contribution >= 0.6 is 0 Å². The third-order valence-corrected chi connectivity index (χ3v) is 2.46. The zero-order valence-corrected chi connectivity index (χ0v) is 10.6. The molecule has 1 heterocycles. The predicted octanol–water partition coefficient (Wildman–Crippen LogP) is 1.23. The Balaban J connectivity index is 2.93. The summed E-state index contributed by atoms with van der Waals surface area (Å²) in [6.45, 7) is 5.60. The Kier molecular flexibility index (Phi) is 4.90. The molecule has 0 aliphatic heterocycles. The van der Waals surface area contributed by atoms with Crippen LogP contribution in [0.4, 0.5) is 5.82 Å². The molecule has 3 N–H and O–H groups in total. The number of rotatable bonds is 6. The minimum Gasteiger partial charge on any atom is -0.383 e. The number of aromatic nitrogens is 1. The van der Waals surface area contributed by atoms with E-state index in [0.29, 0.717) is 18.3 Å². The first kappa shape index (κ1) is 13.4. The molecule has 0 saturated heterocycles. The number of anilines is 1. The summed E-state index contributed by atoms with van der Waals surface area (Å²) in [5, 5.41) is 7.39. The van der Waals surface area contributed by atoms with Gasteiger partial charge in [0.2, 0.25) is 0 Å². The van der Waals surface area contributed by atoms with E-state index in [1.165, 1.54) is 0 Å². The van der Waals surface area contributed by atoms with Gasteiger partial charge in [0.05, 0.1) is 6.61 Å². The van der Waals surface area contributed by atoms with Crippen LogP contribution in [0.3, 0.4) is 0 Å². The molecule has 0 aliphatic rings. The van der Waals surface area contributed by atoms with Crippen LogP contribution in [0.15, 0.2) is 18.2 Å². The van der Waals surface area contributed by atoms with Gasteiger partial charge in [0.1, 0.15) is 17.3 Å². The van der Waals surface area contributed by atoms with Gasteiger partial charge in [-0.05, 0) is 26.0 Å². The van der Waals surface area contributed by atoms with E-state index < -0.39 is 0 Å². The zero-order valence-electron chi connectivity index (χ0n) is 10.6. The first-order valence-electron chi connectivity index (χ1n) is 5.63. The first-order valence-corrected chi connectivity index (χ1v) is 5.63. The maximum Gasteiger partial charge on any atom is 0.141 e. The lowest BCUT2D eigenvalue weighted by Gasteiger charge is -2.27. The molecule has 0 atom stereocenters. The van der Waals surface area contributed by atoms with Crippen molar-refractivity contribution in [3.63, 3.8) is 0 Å². The third-order valence-electron chi connectivity index (χ3n) is 2.46. The summed E-state index contributed by atoms with van der Waals surface area (Å²) in [7, 11) is 1.68. The Morgan fingerprint density at radius 1 is 1.53 bits per heavy atom. The Morgan fingerprint density at radius 2 is 2.24 bits per heavy atom. The van der Waals surface area contributed by atoms with E-state index in [2.05, 4.69) is 23.7 Å². The number of amidine groups is 1. The second kappa shape index (κ2) is 6.20. The van der Waals surface area contributed by atoms with Crippen LogP contribution in [0.5, 0.6) is 0 Å². The highest BCUT2D eigenvalue weighted by Crippen LogP contribution is 2.14. The van der Waals surface area contributed by atoms with E-state index in [0.717, 1.165) is 12.4 Å². The van der Waals surface area contributed by atoms with E-state index in [9.17, 15) is 0 Å². The molecule has 0 aliphatic carbocycles. The Labute approximate surface area is 102 Å². The first-order chi connectivity index (χ1) is 8.06. The molecule has 1 aromatic heterocycles. The van der Waals surface area contributed by atoms with Gasteiger partial charge in [-0.25, -0.2) is 4.98 Å². The van der Waals surface area contributed by atoms with Crippen molar-refractivity contribution in [1.29, 1.82) is 5.41 Å². The lowest BCUT2D eigenvalue weighted by atomic mass is 10.2. The molecule has 0 fully saturated rings. The van der Waals surface area contributed by atoms with E-state index in [4.69, 9.17) is 15.9 Å². The van der Waals surface area contributed by atoms with Crippen LogP contribution in [-0.2, 0) is 4.74 Å². The van der Waals surface area contributed by atoms with Gasteiger partial charge in [0.25, 0.3) is 0 Å². The topological polar surface area (TPSA) is 75.2 Å². The van der Waals surface area contributed by atoms with Gasteiger partial charge in [-0.15, -0.1) is 0 Å². The zero-order chi connectivity index (χ0) is 12.8. The Hall–Kier alpha value is -1.62. The second-order valence-electron chi connectivity index (χ2n) is 4.07. The molecular formula is C12H20N4O. The van der Waals surface area contributed by atoms with E-state index in [-0.39, 0.29) is 5.84 Å². The molecule has 17 heavy (non-hydrogen) atoms. The Morgan fingerprint density at radius 3 is 2.76 bits per heavy atom. The highest BCUT2D eigenvalue weighted by Gasteiger charge is 2.12. The molecule has 0 spiro atoms. The van der Waals surface area contributed by atoms with Crippen LogP contribution in [-0.4, -0.2) is 37.1 Å². The number of nitrogen functional groups attached to an aromatic ring is 1. The van der Waals surface area contributed by atoms with Crippen LogP contribution in [0.2, 0.25) is 0 Å². The second-order valence-corrected chi connectivity index (χ2v) is 4.07. The van der Waals surface area contributed by atoms with E-state index >= 15 is 0 Å². The molecule has 94 valence electrons. The average molecular weight is 236 g/mol. The molecule has 5 heteroatoms. The number of ether oxygens (including phenoxy) is 1. The van der Waals surface area contributed by atoms with Gasteiger partial charge in [0, 0.05) is 19.7 Å². The number of nitrogens with zero attached hydrogens (tertiary/aromatic N) is 2. The van der Waals surface area contributed by atoms with Crippen molar-refractivity contribution in [2.45, 2.75) is 19.9 Å². The van der Waals surface area contributed by atoms with Gasteiger partial charge in [-0.1, -0.05) is 6.07 Å². The fourth-order valence-electron chi connectivity index (χ4n) is 1.56. The third kappa shape index (κ3) is 3.71. The number of hydrogen-bond acceptors (Lipinski definition) is 4. The smallest absolute Gasteiger partial charge is 0.141 e. The van der Waals surface area contributed by atoms with Crippen molar-refractivity contribution in [3.05, 3.63) is 23.9 Å². The highest BCUT2D eigenvalue weighted by atomic mass is 16.5. The maximum absolute atomic E-state index is 7.39. The fourth-order valence-corrected chi connectivity index (χ4v) is 1.56. The molecule has 0 bridgehead atoms. The number of nitrogens with two attached hydrogens (primary N) is 1. The molecule has 0 amide bonds. The number of pyridine rings is 1. The quantitative estimate of drug-likeness (QED) is 0.575. The number of methoxy groups -OCH3 is 1. The van der Waals surface area contributed by atoms with Gasteiger partial charge in [-0.2, -0.15) is 0 Å². The number of hydrogen-bond donors (Lipinski definition) is 2. The van der Waals surface area contributed by atoms with Gasteiger partial charge < -0.3 is 15.4 Å². The standard InChI is InChI=1S/C12H20N4O/c1-9(2)16(7-8-17-3)11-6-4-5-10(15-11)12(13)14/h4-6,9H,7-8H2,1-3H3,(H3,13,14). The van der Waals surface area contributed by atoms with Gasteiger partial charge in [-0.3, -0.25) is 5.41 Å². The van der Waals surface area contributed by atoms with Crippen LogP contribution in [0.1, 0.15) is 19.5 Å². The normalized spacial score (nSPS) is 10.6. The lowest BCUT2D eigenvalue weighted by molar-refractivity contribution is 0.203. The van der Waals surface area contributed by atoms with Gasteiger partial charge >= 0.3 is 0 Å². The van der Waals surface area contributed by atoms with E-state index in [1.807, 2.05) is 12.1 Å². The molecule has 0 unspecified atom stereocenters. The van der Waals surface area contributed by atoms with Crippen molar-refractivity contribution in [3.8, 4) is 0 Å². The highest BCUT2D eigenvalue weighted by molar-refractivity contribution is 5.93. The molecule has 0 saturated carbocycles.